The fourth-order valence-corrected chi connectivity index (χ4v) is 2.59. The van der Waals surface area contributed by atoms with E-state index in [-0.39, 0.29) is 6.04 Å². The first-order valence-corrected chi connectivity index (χ1v) is 7.31. The van der Waals surface area contributed by atoms with Gasteiger partial charge in [0.2, 0.25) is 0 Å². The molecule has 0 aliphatic rings. The van der Waals surface area contributed by atoms with Crippen molar-refractivity contribution in [3.63, 3.8) is 0 Å². The van der Waals surface area contributed by atoms with E-state index in [2.05, 4.69) is 29.5 Å². The Balaban J connectivity index is 2.25. The molecule has 0 saturated carbocycles. The molecular formula is C16H17ClN4. The topological polar surface area (TPSA) is 56.7 Å². The van der Waals surface area contributed by atoms with E-state index in [0.717, 1.165) is 28.1 Å². The second-order valence-electron chi connectivity index (χ2n) is 5.29. The number of imidazole rings is 1. The van der Waals surface area contributed by atoms with Crippen LogP contribution >= 0.6 is 11.6 Å². The second kappa shape index (κ2) is 5.47. The summed E-state index contributed by atoms with van der Waals surface area (Å²) >= 11 is 5.92. The van der Waals surface area contributed by atoms with Crippen molar-refractivity contribution in [2.45, 2.75) is 26.4 Å². The maximum atomic E-state index is 5.92. The van der Waals surface area contributed by atoms with Crippen LogP contribution in [-0.4, -0.2) is 14.5 Å². The average Bonchev–Trinajstić information content (AvgIpc) is 2.86. The van der Waals surface area contributed by atoms with Gasteiger partial charge in [0.15, 0.2) is 5.82 Å². The molecule has 0 atom stereocenters. The molecule has 3 aromatic rings. The largest absolute Gasteiger partial charge is 0.326 e. The number of hydrogen-bond donors (Lipinski definition) is 1. The molecule has 2 aromatic heterocycles. The van der Waals surface area contributed by atoms with Gasteiger partial charge in [0.25, 0.3) is 0 Å². The number of hydrogen-bond acceptors (Lipinski definition) is 3. The molecule has 2 heterocycles. The van der Waals surface area contributed by atoms with Crippen LogP contribution in [0.25, 0.3) is 22.6 Å². The molecule has 0 bridgehead atoms. The second-order valence-corrected chi connectivity index (χ2v) is 5.72. The Hall–Kier alpha value is -1.91. The normalized spacial score (nSPS) is 11.5. The molecule has 108 valence electrons. The number of fused-ring (bicyclic) bond motifs is 1. The first-order valence-electron chi connectivity index (χ1n) is 6.93. The van der Waals surface area contributed by atoms with Crippen LogP contribution in [0.2, 0.25) is 5.02 Å². The van der Waals surface area contributed by atoms with E-state index in [9.17, 15) is 0 Å². The quantitative estimate of drug-likeness (QED) is 0.800. The van der Waals surface area contributed by atoms with Gasteiger partial charge >= 0.3 is 0 Å². The molecule has 0 fully saturated rings. The lowest BCUT2D eigenvalue weighted by atomic mass is 10.2. The van der Waals surface area contributed by atoms with Crippen LogP contribution in [0.1, 0.15) is 25.5 Å². The first kappa shape index (κ1) is 14.0. The van der Waals surface area contributed by atoms with E-state index in [1.807, 2.05) is 24.3 Å². The highest BCUT2D eigenvalue weighted by Crippen LogP contribution is 2.28. The Kier molecular flexibility index (Phi) is 3.66. The molecule has 1 aromatic carbocycles. The lowest BCUT2D eigenvalue weighted by Gasteiger charge is -2.12. The van der Waals surface area contributed by atoms with Gasteiger partial charge in [-0.15, -0.1) is 0 Å². The Bertz CT molecular complexity index is 775. The molecule has 3 rings (SSSR count). The number of nitrogens with two attached hydrogens (primary N) is 1. The number of pyridine rings is 1. The average molecular weight is 301 g/mol. The summed E-state index contributed by atoms with van der Waals surface area (Å²) in [5.41, 5.74) is 9.64. The van der Waals surface area contributed by atoms with Crippen molar-refractivity contribution >= 4 is 22.6 Å². The molecule has 0 aliphatic heterocycles. The summed E-state index contributed by atoms with van der Waals surface area (Å²) in [6.45, 7) is 4.79. The lowest BCUT2D eigenvalue weighted by molar-refractivity contribution is 0.623. The van der Waals surface area contributed by atoms with Crippen LogP contribution in [0.15, 0.2) is 36.5 Å². The zero-order chi connectivity index (χ0) is 15.0. The third-order valence-corrected chi connectivity index (χ3v) is 3.69. The van der Waals surface area contributed by atoms with Crippen molar-refractivity contribution < 1.29 is 0 Å². The number of halogens is 1. The minimum absolute atomic E-state index is 0.284. The van der Waals surface area contributed by atoms with Crippen molar-refractivity contribution in [1.82, 2.24) is 14.5 Å². The van der Waals surface area contributed by atoms with Crippen LogP contribution < -0.4 is 5.73 Å². The Morgan fingerprint density at radius 2 is 2.05 bits per heavy atom. The maximum absolute atomic E-state index is 5.92. The van der Waals surface area contributed by atoms with Gasteiger partial charge in [-0.2, -0.15) is 0 Å². The lowest BCUT2D eigenvalue weighted by Crippen LogP contribution is -2.04. The molecule has 4 nitrogen and oxygen atoms in total. The van der Waals surface area contributed by atoms with Crippen LogP contribution in [0, 0.1) is 0 Å². The minimum Gasteiger partial charge on any atom is -0.326 e. The summed E-state index contributed by atoms with van der Waals surface area (Å²) in [7, 11) is 0. The summed E-state index contributed by atoms with van der Waals surface area (Å²) in [5, 5.41) is 0.622. The highest BCUT2D eigenvalue weighted by Gasteiger charge is 2.16. The first-order chi connectivity index (χ1) is 10.1. The number of aromatic nitrogens is 3. The van der Waals surface area contributed by atoms with Gasteiger partial charge in [0.05, 0.1) is 16.1 Å². The molecule has 0 aliphatic carbocycles. The third kappa shape index (κ3) is 2.52. The Morgan fingerprint density at radius 3 is 2.67 bits per heavy atom. The van der Waals surface area contributed by atoms with Gasteiger partial charge < -0.3 is 10.3 Å². The molecule has 0 spiro atoms. The summed E-state index contributed by atoms with van der Waals surface area (Å²) in [6, 6.07) is 10.2. The monoisotopic (exact) mass is 300 g/mol. The SMILES string of the molecule is CC(C)n1c(-c2ccc(Cl)cn2)nc2cc(CN)ccc21. The summed E-state index contributed by atoms with van der Waals surface area (Å²) in [5.74, 6) is 0.853. The van der Waals surface area contributed by atoms with Gasteiger partial charge in [-0.05, 0) is 43.7 Å². The van der Waals surface area contributed by atoms with E-state index < -0.39 is 0 Å². The molecule has 0 radical (unpaired) electrons. The molecule has 21 heavy (non-hydrogen) atoms. The van der Waals surface area contributed by atoms with Crippen LogP contribution in [0.4, 0.5) is 0 Å². The summed E-state index contributed by atoms with van der Waals surface area (Å²) in [4.78, 5) is 9.13. The summed E-state index contributed by atoms with van der Waals surface area (Å²) < 4.78 is 2.19. The minimum atomic E-state index is 0.284. The molecule has 0 unspecified atom stereocenters. The van der Waals surface area contributed by atoms with Crippen LogP contribution in [0.3, 0.4) is 0 Å². The van der Waals surface area contributed by atoms with Crippen molar-refractivity contribution in [1.29, 1.82) is 0 Å². The smallest absolute Gasteiger partial charge is 0.160 e. The van der Waals surface area contributed by atoms with Crippen LogP contribution in [0.5, 0.6) is 0 Å². The fourth-order valence-electron chi connectivity index (χ4n) is 2.48. The third-order valence-electron chi connectivity index (χ3n) is 3.46. The van der Waals surface area contributed by atoms with Crippen LogP contribution in [-0.2, 0) is 6.54 Å². The van der Waals surface area contributed by atoms with Crippen molar-refractivity contribution in [2.75, 3.05) is 0 Å². The molecule has 2 N–H and O–H groups in total. The van der Waals surface area contributed by atoms with Crippen molar-refractivity contribution in [2.24, 2.45) is 5.73 Å². The van der Waals surface area contributed by atoms with E-state index in [1.54, 1.807) is 6.20 Å². The predicted octanol–water partition coefficient (Wildman–Crippen LogP) is 3.79. The Morgan fingerprint density at radius 1 is 1.24 bits per heavy atom. The van der Waals surface area contributed by atoms with E-state index >= 15 is 0 Å². The zero-order valence-corrected chi connectivity index (χ0v) is 12.8. The molecule has 0 saturated heterocycles. The molecule has 0 amide bonds. The highest BCUT2D eigenvalue weighted by molar-refractivity contribution is 6.30. The van der Waals surface area contributed by atoms with Gasteiger partial charge in [0.1, 0.15) is 5.69 Å². The number of benzene rings is 1. The van der Waals surface area contributed by atoms with E-state index in [0.29, 0.717) is 11.6 Å². The van der Waals surface area contributed by atoms with Gasteiger partial charge in [0, 0.05) is 18.8 Å². The molecular weight excluding hydrogens is 284 g/mol. The van der Waals surface area contributed by atoms with Crippen molar-refractivity contribution in [3.8, 4) is 11.5 Å². The van der Waals surface area contributed by atoms with E-state index in [4.69, 9.17) is 22.3 Å². The fraction of sp³-hybridized carbons (Fsp3) is 0.250. The number of rotatable bonds is 3. The Labute approximate surface area is 128 Å². The number of nitrogens with zero attached hydrogens (tertiary/aromatic N) is 3. The highest BCUT2D eigenvalue weighted by atomic mass is 35.5. The van der Waals surface area contributed by atoms with Gasteiger partial charge in [-0.25, -0.2) is 4.98 Å². The van der Waals surface area contributed by atoms with Crippen molar-refractivity contribution in [3.05, 3.63) is 47.1 Å². The van der Waals surface area contributed by atoms with Gasteiger partial charge in [-0.1, -0.05) is 17.7 Å². The van der Waals surface area contributed by atoms with E-state index in [1.165, 1.54) is 0 Å². The standard InChI is InChI=1S/C16H17ClN4/c1-10(2)21-15-6-3-11(8-18)7-14(15)20-16(21)13-5-4-12(17)9-19-13/h3-7,9-10H,8,18H2,1-2H3. The zero-order valence-electron chi connectivity index (χ0n) is 12.0. The summed E-state index contributed by atoms with van der Waals surface area (Å²) in [6.07, 6.45) is 1.65. The predicted molar refractivity (Wildman–Crippen MR) is 86.3 cm³/mol. The maximum Gasteiger partial charge on any atom is 0.160 e. The van der Waals surface area contributed by atoms with Gasteiger partial charge in [-0.3, -0.25) is 4.98 Å². The molecule has 5 heteroatoms.